The Morgan fingerprint density at radius 2 is 1.74 bits per heavy atom. The lowest BCUT2D eigenvalue weighted by atomic mass is 10.0. The second kappa shape index (κ2) is 8.95. The van der Waals surface area contributed by atoms with Crippen LogP contribution in [-0.4, -0.2) is 23.4 Å². The molecule has 148 valence electrons. The maximum atomic E-state index is 12.5. The van der Waals surface area contributed by atoms with Gasteiger partial charge in [0.1, 0.15) is 12.4 Å². The van der Waals surface area contributed by atoms with Crippen LogP contribution in [0.5, 0.6) is 5.75 Å². The first kappa shape index (κ1) is 21.5. The number of halogens is 4. The average molecular weight is 402 g/mol. The highest BCUT2D eigenvalue weighted by Gasteiger charge is 2.41. The molecule has 0 aliphatic heterocycles. The smallest absolute Gasteiger partial charge is 0.415 e. The SMILES string of the molecule is Cc1cc(CNC(C)C(O)C(F)(F)F)cc(C)c1OCc1ccccc1Cl. The molecule has 0 saturated heterocycles. The number of benzene rings is 2. The van der Waals surface area contributed by atoms with Gasteiger partial charge < -0.3 is 15.2 Å². The van der Waals surface area contributed by atoms with Gasteiger partial charge in [0.2, 0.25) is 0 Å². The summed E-state index contributed by atoms with van der Waals surface area (Å²) in [4.78, 5) is 0. The minimum atomic E-state index is -4.64. The maximum absolute atomic E-state index is 12.5. The zero-order valence-electron chi connectivity index (χ0n) is 15.4. The van der Waals surface area contributed by atoms with Crippen LogP contribution in [0, 0.1) is 13.8 Å². The maximum Gasteiger partial charge on any atom is 0.415 e. The van der Waals surface area contributed by atoms with Crippen LogP contribution < -0.4 is 10.1 Å². The minimum absolute atomic E-state index is 0.209. The van der Waals surface area contributed by atoms with Crippen LogP contribution in [0.1, 0.15) is 29.2 Å². The van der Waals surface area contributed by atoms with Crippen molar-refractivity contribution >= 4 is 11.6 Å². The first-order valence-corrected chi connectivity index (χ1v) is 8.92. The fourth-order valence-corrected chi connectivity index (χ4v) is 3.00. The van der Waals surface area contributed by atoms with E-state index in [2.05, 4.69) is 5.32 Å². The molecular weight excluding hydrogens is 379 g/mol. The van der Waals surface area contributed by atoms with Gasteiger partial charge in [-0.1, -0.05) is 41.9 Å². The predicted molar refractivity (Wildman–Crippen MR) is 100 cm³/mol. The Bertz CT molecular complexity index is 757. The van der Waals surface area contributed by atoms with Crippen molar-refractivity contribution in [2.24, 2.45) is 0 Å². The summed E-state index contributed by atoms with van der Waals surface area (Å²) < 4.78 is 43.5. The number of aliphatic hydroxyl groups excluding tert-OH is 1. The van der Waals surface area contributed by atoms with Gasteiger partial charge in [-0.3, -0.25) is 0 Å². The number of alkyl halides is 3. The van der Waals surface area contributed by atoms with Crippen molar-refractivity contribution in [1.29, 1.82) is 0 Å². The van der Waals surface area contributed by atoms with E-state index in [0.717, 1.165) is 28.0 Å². The summed E-state index contributed by atoms with van der Waals surface area (Å²) >= 11 is 6.13. The number of nitrogens with one attached hydrogen (secondary N) is 1. The summed E-state index contributed by atoms with van der Waals surface area (Å²) in [7, 11) is 0. The molecule has 2 rings (SSSR count). The first-order chi connectivity index (χ1) is 12.6. The molecule has 0 spiro atoms. The quantitative estimate of drug-likeness (QED) is 0.690. The Labute approximate surface area is 162 Å². The van der Waals surface area contributed by atoms with Crippen LogP contribution in [0.2, 0.25) is 5.02 Å². The van der Waals surface area contributed by atoms with Gasteiger partial charge >= 0.3 is 6.18 Å². The Balaban J connectivity index is 2.03. The van der Waals surface area contributed by atoms with Crippen molar-refractivity contribution in [1.82, 2.24) is 5.32 Å². The molecule has 2 unspecified atom stereocenters. The van der Waals surface area contributed by atoms with E-state index in [1.165, 1.54) is 6.92 Å². The van der Waals surface area contributed by atoms with Crippen molar-refractivity contribution < 1.29 is 23.0 Å². The summed E-state index contributed by atoms with van der Waals surface area (Å²) in [5, 5.41) is 12.6. The topological polar surface area (TPSA) is 41.5 Å². The highest BCUT2D eigenvalue weighted by molar-refractivity contribution is 6.31. The molecule has 0 aromatic heterocycles. The molecule has 2 aromatic rings. The van der Waals surface area contributed by atoms with Crippen molar-refractivity contribution in [3.8, 4) is 5.75 Å². The lowest BCUT2D eigenvalue weighted by molar-refractivity contribution is -0.210. The van der Waals surface area contributed by atoms with Crippen molar-refractivity contribution in [3.63, 3.8) is 0 Å². The molecule has 0 saturated carbocycles. The Morgan fingerprint density at radius 1 is 1.15 bits per heavy atom. The van der Waals surface area contributed by atoms with Gasteiger partial charge in [0.25, 0.3) is 0 Å². The van der Waals surface area contributed by atoms with Gasteiger partial charge in [-0.05, 0) is 43.5 Å². The monoisotopic (exact) mass is 401 g/mol. The standard InChI is InChI=1S/C20H23ClF3NO2/c1-12-8-15(10-25-14(3)19(26)20(22,23)24)9-13(2)18(12)27-11-16-6-4-5-7-17(16)21/h4-9,14,19,25-26H,10-11H2,1-3H3. The Kier molecular flexibility index (Phi) is 7.14. The third-order valence-corrected chi connectivity index (χ3v) is 4.66. The summed E-state index contributed by atoms with van der Waals surface area (Å²) in [6.07, 6.45) is -7.05. The van der Waals surface area contributed by atoms with E-state index in [-0.39, 0.29) is 6.54 Å². The van der Waals surface area contributed by atoms with Crippen LogP contribution in [0.4, 0.5) is 13.2 Å². The number of rotatable bonds is 7. The third kappa shape index (κ3) is 5.86. The second-order valence-corrected chi connectivity index (χ2v) is 7.00. The van der Waals surface area contributed by atoms with E-state index in [1.54, 1.807) is 6.07 Å². The molecule has 2 aromatic carbocycles. The van der Waals surface area contributed by atoms with Gasteiger partial charge in [-0.2, -0.15) is 13.2 Å². The molecule has 0 aliphatic carbocycles. The fraction of sp³-hybridized carbons (Fsp3) is 0.400. The van der Waals surface area contributed by atoms with E-state index in [1.807, 2.05) is 44.2 Å². The van der Waals surface area contributed by atoms with Crippen LogP contribution in [-0.2, 0) is 13.2 Å². The van der Waals surface area contributed by atoms with Crippen LogP contribution in [0.15, 0.2) is 36.4 Å². The van der Waals surface area contributed by atoms with E-state index in [0.29, 0.717) is 11.6 Å². The van der Waals surface area contributed by atoms with Gasteiger partial charge in [0, 0.05) is 23.2 Å². The zero-order chi connectivity index (χ0) is 20.2. The Morgan fingerprint density at radius 3 is 2.30 bits per heavy atom. The van der Waals surface area contributed by atoms with Crippen molar-refractivity contribution in [2.75, 3.05) is 0 Å². The zero-order valence-corrected chi connectivity index (χ0v) is 16.2. The van der Waals surface area contributed by atoms with Gasteiger partial charge in [-0.25, -0.2) is 0 Å². The van der Waals surface area contributed by atoms with Gasteiger partial charge in [0.15, 0.2) is 6.10 Å². The summed E-state index contributed by atoms with van der Waals surface area (Å²) in [5.74, 6) is 0.724. The Hall–Kier alpha value is -1.76. The number of ether oxygens (including phenoxy) is 1. The van der Waals surface area contributed by atoms with Gasteiger partial charge in [-0.15, -0.1) is 0 Å². The lowest BCUT2D eigenvalue weighted by Gasteiger charge is -2.23. The molecule has 0 bridgehead atoms. The summed E-state index contributed by atoms with van der Waals surface area (Å²) in [6.45, 7) is 5.60. The minimum Gasteiger partial charge on any atom is -0.488 e. The number of hydrogen-bond donors (Lipinski definition) is 2. The molecule has 2 atom stereocenters. The largest absolute Gasteiger partial charge is 0.488 e. The van der Waals surface area contributed by atoms with Crippen LogP contribution >= 0.6 is 11.6 Å². The van der Waals surface area contributed by atoms with E-state index in [4.69, 9.17) is 16.3 Å². The molecule has 0 heterocycles. The third-order valence-electron chi connectivity index (χ3n) is 4.29. The van der Waals surface area contributed by atoms with E-state index < -0.39 is 18.3 Å². The number of aryl methyl sites for hydroxylation is 2. The van der Waals surface area contributed by atoms with E-state index >= 15 is 0 Å². The molecule has 0 amide bonds. The molecule has 0 radical (unpaired) electrons. The molecular formula is C20H23ClF3NO2. The summed E-state index contributed by atoms with van der Waals surface area (Å²) in [6, 6.07) is 10.0. The fourth-order valence-electron chi connectivity index (χ4n) is 2.81. The van der Waals surface area contributed by atoms with E-state index in [9.17, 15) is 18.3 Å². The lowest BCUT2D eigenvalue weighted by Crippen LogP contribution is -2.45. The number of hydrogen-bond acceptors (Lipinski definition) is 3. The second-order valence-electron chi connectivity index (χ2n) is 6.59. The highest BCUT2D eigenvalue weighted by atomic mass is 35.5. The van der Waals surface area contributed by atoms with Crippen molar-refractivity contribution in [3.05, 3.63) is 63.7 Å². The molecule has 3 nitrogen and oxygen atoms in total. The van der Waals surface area contributed by atoms with Crippen molar-refractivity contribution in [2.45, 2.75) is 52.2 Å². The first-order valence-electron chi connectivity index (χ1n) is 8.54. The van der Waals surface area contributed by atoms with Crippen LogP contribution in [0.25, 0.3) is 0 Å². The molecule has 0 aliphatic rings. The molecule has 2 N–H and O–H groups in total. The number of aliphatic hydroxyl groups is 1. The predicted octanol–water partition coefficient (Wildman–Crippen LogP) is 4.94. The molecule has 27 heavy (non-hydrogen) atoms. The van der Waals surface area contributed by atoms with Crippen LogP contribution in [0.3, 0.4) is 0 Å². The average Bonchev–Trinajstić information content (AvgIpc) is 2.59. The highest BCUT2D eigenvalue weighted by Crippen LogP contribution is 2.27. The van der Waals surface area contributed by atoms with Gasteiger partial charge in [0.05, 0.1) is 0 Å². The molecule has 7 heteroatoms. The molecule has 0 fully saturated rings. The normalized spacial score (nSPS) is 14.1. The summed E-state index contributed by atoms with van der Waals surface area (Å²) in [5.41, 5.74) is 3.45.